The highest BCUT2D eigenvalue weighted by molar-refractivity contribution is 8.00. The second kappa shape index (κ2) is 9.34. The van der Waals surface area contributed by atoms with Gasteiger partial charge >= 0.3 is 0 Å². The number of ether oxygens (including phenoxy) is 1. The maximum Gasteiger partial charge on any atom is 0.243 e. The van der Waals surface area contributed by atoms with Crippen LogP contribution in [0.5, 0.6) is 0 Å². The van der Waals surface area contributed by atoms with Crippen molar-refractivity contribution in [3.63, 3.8) is 0 Å². The van der Waals surface area contributed by atoms with Gasteiger partial charge in [0.15, 0.2) is 0 Å². The molecule has 160 valence electrons. The van der Waals surface area contributed by atoms with Gasteiger partial charge in [0.1, 0.15) is 0 Å². The van der Waals surface area contributed by atoms with Gasteiger partial charge in [-0.05, 0) is 37.1 Å². The first-order chi connectivity index (χ1) is 14.0. The molecule has 0 unspecified atom stereocenters. The van der Waals surface area contributed by atoms with Crippen molar-refractivity contribution in [2.45, 2.75) is 41.9 Å². The van der Waals surface area contributed by atoms with Crippen molar-refractivity contribution < 1.29 is 17.9 Å². The Morgan fingerprint density at radius 3 is 2.59 bits per heavy atom. The zero-order chi connectivity index (χ0) is 20.3. The lowest BCUT2D eigenvalue weighted by atomic mass is 9.93. The van der Waals surface area contributed by atoms with E-state index in [-0.39, 0.29) is 10.8 Å². The molecule has 0 radical (unpaired) electrons. The molecule has 2 aliphatic heterocycles. The van der Waals surface area contributed by atoms with E-state index in [0.29, 0.717) is 49.8 Å². The highest BCUT2D eigenvalue weighted by Crippen LogP contribution is 2.35. The number of benzene rings is 1. The maximum absolute atomic E-state index is 12.7. The van der Waals surface area contributed by atoms with Crippen LogP contribution < -0.4 is 5.32 Å². The van der Waals surface area contributed by atoms with E-state index in [4.69, 9.17) is 4.74 Å². The maximum atomic E-state index is 12.7. The molecule has 29 heavy (non-hydrogen) atoms. The number of hydrogen-bond acceptors (Lipinski definition) is 6. The monoisotopic (exact) mass is 439 g/mol. The molecule has 9 heteroatoms. The zero-order valence-corrected chi connectivity index (χ0v) is 18.2. The Morgan fingerprint density at radius 1 is 1.10 bits per heavy atom. The molecule has 1 aliphatic carbocycles. The van der Waals surface area contributed by atoms with Crippen molar-refractivity contribution in [2.75, 3.05) is 50.5 Å². The molecule has 3 aliphatic rings. The number of nitrogens with one attached hydrogen (secondary N) is 1. The summed E-state index contributed by atoms with van der Waals surface area (Å²) < 4.78 is 32.1. The number of fused-ring (bicyclic) bond motifs is 1. The molecule has 2 heterocycles. The van der Waals surface area contributed by atoms with Crippen LogP contribution in [0.1, 0.15) is 25.7 Å². The summed E-state index contributed by atoms with van der Waals surface area (Å²) in [7, 11) is -3.51. The minimum atomic E-state index is -3.51. The summed E-state index contributed by atoms with van der Waals surface area (Å²) in [5.74, 6) is 1.05. The molecular formula is C20H29N3O4S2. The van der Waals surface area contributed by atoms with Gasteiger partial charge in [0.25, 0.3) is 0 Å². The molecule has 1 aromatic rings. The molecule has 2 saturated heterocycles. The number of amides is 1. The SMILES string of the molecule is O=C(CN1CCS[C@H]2CCCC[C@H]21)Nc1ccc(S(=O)(=O)N2CCOCC2)cc1. The summed E-state index contributed by atoms with van der Waals surface area (Å²) in [4.78, 5) is 15.2. The average Bonchev–Trinajstić information content (AvgIpc) is 2.75. The second-order valence-corrected chi connectivity index (χ2v) is 11.1. The minimum Gasteiger partial charge on any atom is -0.379 e. The van der Waals surface area contributed by atoms with Crippen LogP contribution in [0.25, 0.3) is 0 Å². The lowest BCUT2D eigenvalue weighted by Gasteiger charge is -2.43. The first-order valence-corrected chi connectivity index (χ1v) is 12.9. The van der Waals surface area contributed by atoms with Crippen molar-refractivity contribution in [3.8, 4) is 0 Å². The van der Waals surface area contributed by atoms with Crippen LogP contribution in [0.15, 0.2) is 29.2 Å². The van der Waals surface area contributed by atoms with E-state index in [2.05, 4.69) is 22.0 Å². The number of nitrogens with zero attached hydrogens (tertiary/aromatic N) is 2. The summed E-state index contributed by atoms with van der Waals surface area (Å²) in [6, 6.07) is 6.97. The van der Waals surface area contributed by atoms with Gasteiger partial charge < -0.3 is 10.1 Å². The third-order valence-electron chi connectivity index (χ3n) is 5.94. The predicted molar refractivity (Wildman–Crippen MR) is 115 cm³/mol. The number of thioether (sulfide) groups is 1. The molecule has 0 aromatic heterocycles. The molecule has 0 spiro atoms. The number of sulfonamides is 1. The summed E-state index contributed by atoms with van der Waals surface area (Å²) in [6.45, 7) is 2.94. The standard InChI is InChI=1S/C20H29N3O4S2/c24-20(15-22-11-14-28-19-4-2-1-3-18(19)22)21-16-5-7-17(8-6-16)29(25,26)23-9-12-27-13-10-23/h5-8,18-19H,1-4,9-15H2,(H,21,24)/t18-,19+/m1/s1. The fourth-order valence-electron chi connectivity index (χ4n) is 4.40. The highest BCUT2D eigenvalue weighted by atomic mass is 32.2. The molecular weight excluding hydrogens is 410 g/mol. The van der Waals surface area contributed by atoms with Crippen molar-refractivity contribution in [1.82, 2.24) is 9.21 Å². The van der Waals surface area contributed by atoms with E-state index in [1.54, 1.807) is 24.3 Å². The summed E-state index contributed by atoms with van der Waals surface area (Å²) >= 11 is 2.06. The average molecular weight is 440 g/mol. The number of carbonyl (C=O) groups excluding carboxylic acids is 1. The van der Waals surface area contributed by atoms with E-state index >= 15 is 0 Å². The van der Waals surface area contributed by atoms with Crippen LogP contribution in [0, 0.1) is 0 Å². The Hall–Kier alpha value is -1.13. The Bertz CT molecular complexity index is 808. The summed E-state index contributed by atoms with van der Waals surface area (Å²) in [5, 5.41) is 3.59. The molecule has 0 bridgehead atoms. The zero-order valence-electron chi connectivity index (χ0n) is 16.6. The number of morpholine rings is 1. The van der Waals surface area contributed by atoms with Gasteiger partial charge in [0.2, 0.25) is 15.9 Å². The van der Waals surface area contributed by atoms with Gasteiger partial charge in [-0.2, -0.15) is 16.1 Å². The van der Waals surface area contributed by atoms with Gasteiger partial charge in [-0.15, -0.1) is 0 Å². The van der Waals surface area contributed by atoms with Crippen molar-refractivity contribution >= 4 is 33.4 Å². The first kappa shape index (κ1) is 21.1. The van der Waals surface area contributed by atoms with Crippen molar-refractivity contribution in [3.05, 3.63) is 24.3 Å². The molecule has 1 saturated carbocycles. The Morgan fingerprint density at radius 2 is 1.83 bits per heavy atom. The van der Waals surface area contributed by atoms with E-state index in [1.165, 1.54) is 30.0 Å². The molecule has 1 amide bonds. The third kappa shape index (κ3) is 4.96. The van der Waals surface area contributed by atoms with Gasteiger partial charge in [0, 0.05) is 42.4 Å². The normalized spacial score (nSPS) is 26.6. The minimum absolute atomic E-state index is 0.0370. The van der Waals surface area contributed by atoms with Crippen molar-refractivity contribution in [2.24, 2.45) is 0 Å². The van der Waals surface area contributed by atoms with Gasteiger partial charge in [-0.25, -0.2) is 8.42 Å². The predicted octanol–water partition coefficient (Wildman–Crippen LogP) is 2.01. The van der Waals surface area contributed by atoms with Crippen LogP contribution in [0.3, 0.4) is 0 Å². The highest BCUT2D eigenvalue weighted by Gasteiger charge is 2.34. The fourth-order valence-corrected chi connectivity index (χ4v) is 7.32. The molecule has 2 atom stereocenters. The van der Waals surface area contributed by atoms with Crippen LogP contribution in [0.2, 0.25) is 0 Å². The lowest BCUT2D eigenvalue weighted by Crippen LogP contribution is -2.51. The Labute approximate surface area is 177 Å². The van der Waals surface area contributed by atoms with E-state index in [9.17, 15) is 13.2 Å². The Kier molecular flexibility index (Phi) is 6.80. The Balaban J connectivity index is 1.35. The lowest BCUT2D eigenvalue weighted by molar-refractivity contribution is -0.118. The molecule has 3 fully saturated rings. The van der Waals surface area contributed by atoms with Crippen LogP contribution in [0.4, 0.5) is 5.69 Å². The van der Waals surface area contributed by atoms with Gasteiger partial charge in [-0.1, -0.05) is 12.8 Å². The van der Waals surface area contributed by atoms with Crippen LogP contribution in [-0.4, -0.2) is 80.0 Å². The first-order valence-electron chi connectivity index (χ1n) is 10.4. The fraction of sp³-hybridized carbons (Fsp3) is 0.650. The summed E-state index contributed by atoms with van der Waals surface area (Å²) in [5.41, 5.74) is 0.627. The topological polar surface area (TPSA) is 79.0 Å². The quantitative estimate of drug-likeness (QED) is 0.756. The van der Waals surface area contributed by atoms with Crippen LogP contribution in [-0.2, 0) is 19.6 Å². The van der Waals surface area contributed by atoms with Crippen molar-refractivity contribution in [1.29, 1.82) is 0 Å². The van der Waals surface area contributed by atoms with E-state index in [0.717, 1.165) is 12.3 Å². The largest absolute Gasteiger partial charge is 0.379 e. The molecule has 1 N–H and O–H groups in total. The molecule has 4 rings (SSSR count). The number of anilines is 1. The second-order valence-electron chi connectivity index (χ2n) is 7.82. The number of carbonyl (C=O) groups is 1. The van der Waals surface area contributed by atoms with Gasteiger partial charge in [-0.3, -0.25) is 9.69 Å². The summed E-state index contributed by atoms with van der Waals surface area (Å²) in [6.07, 6.45) is 4.98. The smallest absolute Gasteiger partial charge is 0.243 e. The molecule has 7 nitrogen and oxygen atoms in total. The third-order valence-corrected chi connectivity index (χ3v) is 9.25. The number of hydrogen-bond donors (Lipinski definition) is 1. The van der Waals surface area contributed by atoms with Gasteiger partial charge in [0.05, 0.1) is 24.7 Å². The van der Waals surface area contributed by atoms with E-state index in [1.807, 2.05) is 0 Å². The van der Waals surface area contributed by atoms with E-state index < -0.39 is 10.0 Å². The van der Waals surface area contributed by atoms with Crippen LogP contribution >= 0.6 is 11.8 Å². The molecule has 1 aromatic carbocycles. The number of rotatable bonds is 5.